The number of anilines is 1. The van der Waals surface area contributed by atoms with E-state index in [1.165, 1.54) is 0 Å². The van der Waals surface area contributed by atoms with Crippen LogP contribution in [0.5, 0.6) is 0 Å². The number of rotatable bonds is 2. The number of thiazole rings is 1. The summed E-state index contributed by atoms with van der Waals surface area (Å²) in [5, 5.41) is 11.7. The van der Waals surface area contributed by atoms with Gasteiger partial charge in [-0.2, -0.15) is 0 Å². The van der Waals surface area contributed by atoms with Crippen molar-refractivity contribution < 1.29 is 5.11 Å². The maximum absolute atomic E-state index is 9.67. The second-order valence-corrected chi connectivity index (χ2v) is 6.13. The largest absolute Gasteiger partial charge is 0.390 e. The molecule has 1 saturated heterocycles. The maximum Gasteiger partial charge on any atom is 0.195 e. The van der Waals surface area contributed by atoms with Crippen molar-refractivity contribution in [3.8, 4) is 0 Å². The van der Waals surface area contributed by atoms with E-state index in [9.17, 15) is 5.11 Å². The molecular weight excluding hydrogens is 260 g/mol. The lowest BCUT2D eigenvalue weighted by atomic mass is 10.2. The minimum Gasteiger partial charge on any atom is -0.390 e. The van der Waals surface area contributed by atoms with Crippen molar-refractivity contribution >= 4 is 22.1 Å². The molecule has 2 aromatic heterocycles. The van der Waals surface area contributed by atoms with Crippen molar-refractivity contribution in [3.63, 3.8) is 0 Å². The van der Waals surface area contributed by atoms with Crippen molar-refractivity contribution in [2.75, 3.05) is 31.6 Å². The molecule has 1 unspecified atom stereocenters. The minimum absolute atomic E-state index is 0.0340. The molecule has 0 amide bonds. The molecule has 5 nitrogen and oxygen atoms in total. The molecule has 1 atom stereocenters. The Morgan fingerprint density at radius 3 is 3.11 bits per heavy atom. The Kier molecular flexibility index (Phi) is 3.47. The van der Waals surface area contributed by atoms with Crippen LogP contribution in [0.2, 0.25) is 0 Å². The summed E-state index contributed by atoms with van der Waals surface area (Å²) < 4.78 is 2.00. The third-order valence-electron chi connectivity index (χ3n) is 3.81. The number of aliphatic hydroxyl groups excluding tert-OH is 1. The van der Waals surface area contributed by atoms with Crippen molar-refractivity contribution in [2.45, 2.75) is 26.0 Å². The van der Waals surface area contributed by atoms with Crippen molar-refractivity contribution in [3.05, 3.63) is 17.3 Å². The van der Waals surface area contributed by atoms with Crippen LogP contribution in [0.3, 0.4) is 0 Å². The fourth-order valence-corrected chi connectivity index (χ4v) is 3.61. The highest BCUT2D eigenvalue weighted by molar-refractivity contribution is 7.15. The zero-order valence-electron chi connectivity index (χ0n) is 11.4. The number of aromatic nitrogens is 2. The van der Waals surface area contributed by atoms with E-state index in [4.69, 9.17) is 4.98 Å². The Bertz CT molecular complexity index is 564. The molecule has 0 aromatic carbocycles. The SMILES string of the molecule is CC1CN(C)CCCN1c1nc2sccn2c1CO. The summed E-state index contributed by atoms with van der Waals surface area (Å²) in [5.74, 6) is 0.956. The van der Waals surface area contributed by atoms with E-state index in [1.54, 1.807) is 11.3 Å². The van der Waals surface area contributed by atoms with Crippen LogP contribution in [0, 0.1) is 0 Å². The first-order valence-electron chi connectivity index (χ1n) is 6.71. The maximum atomic E-state index is 9.67. The quantitative estimate of drug-likeness (QED) is 0.903. The minimum atomic E-state index is 0.0340. The second kappa shape index (κ2) is 5.11. The number of hydrogen-bond acceptors (Lipinski definition) is 5. The number of likely N-dealkylation sites (N-methyl/N-ethyl adjacent to an activating group) is 1. The molecule has 19 heavy (non-hydrogen) atoms. The first kappa shape index (κ1) is 12.9. The summed E-state index contributed by atoms with van der Waals surface area (Å²) in [6.45, 7) is 5.43. The second-order valence-electron chi connectivity index (χ2n) is 5.25. The van der Waals surface area contributed by atoms with Gasteiger partial charge in [0.05, 0.1) is 12.3 Å². The van der Waals surface area contributed by atoms with Crippen molar-refractivity contribution in [1.29, 1.82) is 0 Å². The van der Waals surface area contributed by atoms with Gasteiger partial charge < -0.3 is 14.9 Å². The molecule has 0 bridgehead atoms. The van der Waals surface area contributed by atoms with E-state index in [0.29, 0.717) is 6.04 Å². The Morgan fingerprint density at radius 2 is 2.32 bits per heavy atom. The Balaban J connectivity index is 2.00. The molecule has 1 fully saturated rings. The van der Waals surface area contributed by atoms with E-state index in [-0.39, 0.29) is 6.61 Å². The van der Waals surface area contributed by atoms with E-state index >= 15 is 0 Å². The lowest BCUT2D eigenvalue weighted by Gasteiger charge is -2.28. The smallest absolute Gasteiger partial charge is 0.195 e. The van der Waals surface area contributed by atoms with Gasteiger partial charge in [-0.15, -0.1) is 11.3 Å². The highest BCUT2D eigenvalue weighted by atomic mass is 32.1. The Morgan fingerprint density at radius 1 is 1.47 bits per heavy atom. The number of fused-ring (bicyclic) bond motifs is 1. The normalized spacial score (nSPS) is 22.1. The molecule has 1 aliphatic rings. The van der Waals surface area contributed by atoms with Gasteiger partial charge in [0.15, 0.2) is 10.8 Å². The van der Waals surface area contributed by atoms with Crippen LogP contribution < -0.4 is 4.90 Å². The molecular formula is C13H20N4OS. The van der Waals surface area contributed by atoms with Gasteiger partial charge >= 0.3 is 0 Å². The average molecular weight is 280 g/mol. The van der Waals surface area contributed by atoms with Gasteiger partial charge in [0, 0.05) is 30.7 Å². The first-order chi connectivity index (χ1) is 9.20. The summed E-state index contributed by atoms with van der Waals surface area (Å²) >= 11 is 1.61. The Labute approximate surface area is 117 Å². The van der Waals surface area contributed by atoms with Crippen LogP contribution >= 0.6 is 11.3 Å². The molecule has 0 radical (unpaired) electrons. The molecule has 0 saturated carbocycles. The lowest BCUT2D eigenvalue weighted by molar-refractivity contribution is 0.275. The molecule has 6 heteroatoms. The van der Waals surface area contributed by atoms with Gasteiger partial charge in [-0.3, -0.25) is 4.40 Å². The fraction of sp³-hybridized carbons (Fsp3) is 0.615. The molecule has 2 aromatic rings. The molecule has 1 aliphatic heterocycles. The van der Waals surface area contributed by atoms with E-state index < -0.39 is 0 Å². The third-order valence-corrected chi connectivity index (χ3v) is 4.57. The highest BCUT2D eigenvalue weighted by Gasteiger charge is 2.25. The van der Waals surface area contributed by atoms with Crippen LogP contribution in [0.1, 0.15) is 19.0 Å². The zero-order chi connectivity index (χ0) is 13.4. The highest BCUT2D eigenvalue weighted by Crippen LogP contribution is 2.27. The van der Waals surface area contributed by atoms with Gasteiger partial charge in [0.1, 0.15) is 0 Å². The summed E-state index contributed by atoms with van der Waals surface area (Å²) in [5.41, 5.74) is 0.910. The molecule has 104 valence electrons. The van der Waals surface area contributed by atoms with Crippen LogP contribution in [0.15, 0.2) is 11.6 Å². The first-order valence-corrected chi connectivity index (χ1v) is 7.59. The number of hydrogen-bond donors (Lipinski definition) is 1. The monoisotopic (exact) mass is 280 g/mol. The standard InChI is InChI=1S/C13H20N4OS/c1-10-8-15(2)4-3-5-16(10)12-11(9-18)17-6-7-19-13(17)14-12/h6-7,10,18H,3-5,8-9H2,1-2H3. The number of aliphatic hydroxyl groups is 1. The molecule has 3 heterocycles. The van der Waals surface area contributed by atoms with Gasteiger partial charge in [-0.1, -0.05) is 0 Å². The van der Waals surface area contributed by atoms with Gasteiger partial charge in [0.2, 0.25) is 0 Å². The van der Waals surface area contributed by atoms with Crippen molar-refractivity contribution in [1.82, 2.24) is 14.3 Å². The zero-order valence-corrected chi connectivity index (χ0v) is 12.2. The van der Waals surface area contributed by atoms with Crippen LogP contribution in [-0.4, -0.2) is 52.1 Å². The predicted molar refractivity (Wildman–Crippen MR) is 77.9 cm³/mol. The molecule has 0 aliphatic carbocycles. The predicted octanol–water partition coefficient (Wildman–Crippen LogP) is 1.42. The summed E-state index contributed by atoms with van der Waals surface area (Å²) in [4.78, 5) is 10.4. The van der Waals surface area contributed by atoms with Crippen LogP contribution in [-0.2, 0) is 6.61 Å². The van der Waals surface area contributed by atoms with E-state index in [1.807, 2.05) is 16.0 Å². The number of nitrogens with zero attached hydrogens (tertiary/aromatic N) is 4. The summed E-state index contributed by atoms with van der Waals surface area (Å²) in [7, 11) is 2.17. The molecule has 1 N–H and O–H groups in total. The summed E-state index contributed by atoms with van der Waals surface area (Å²) in [6, 6.07) is 0.419. The van der Waals surface area contributed by atoms with E-state index in [0.717, 1.165) is 42.5 Å². The third kappa shape index (κ3) is 2.24. The summed E-state index contributed by atoms with van der Waals surface area (Å²) in [6.07, 6.45) is 3.12. The van der Waals surface area contributed by atoms with Gasteiger partial charge in [-0.25, -0.2) is 4.98 Å². The van der Waals surface area contributed by atoms with Crippen molar-refractivity contribution in [2.24, 2.45) is 0 Å². The molecule has 0 spiro atoms. The van der Waals surface area contributed by atoms with Crippen LogP contribution in [0.4, 0.5) is 5.82 Å². The molecule has 3 rings (SSSR count). The number of imidazole rings is 1. The van der Waals surface area contributed by atoms with E-state index in [2.05, 4.69) is 23.8 Å². The van der Waals surface area contributed by atoms with Gasteiger partial charge in [0.25, 0.3) is 0 Å². The fourth-order valence-electron chi connectivity index (χ4n) is 2.88. The van der Waals surface area contributed by atoms with Gasteiger partial charge in [-0.05, 0) is 26.9 Å². The van der Waals surface area contributed by atoms with Crippen LogP contribution in [0.25, 0.3) is 4.96 Å². The Hall–Kier alpha value is -1.11. The average Bonchev–Trinajstić information content (AvgIpc) is 2.89. The lowest BCUT2D eigenvalue weighted by Crippen LogP contribution is -2.38. The topological polar surface area (TPSA) is 44.0 Å².